The van der Waals surface area contributed by atoms with Gasteiger partial charge in [0.25, 0.3) is 10.0 Å². The molecule has 2 heterocycles. The lowest BCUT2D eigenvalue weighted by atomic mass is 9.82. The molecule has 3 aliphatic rings. The van der Waals surface area contributed by atoms with Crippen molar-refractivity contribution in [1.29, 1.82) is 0 Å². The van der Waals surface area contributed by atoms with Gasteiger partial charge in [0.15, 0.2) is 0 Å². The van der Waals surface area contributed by atoms with E-state index >= 15 is 0 Å². The van der Waals surface area contributed by atoms with Gasteiger partial charge in [0.1, 0.15) is 5.82 Å². The Morgan fingerprint density at radius 1 is 0.968 bits per heavy atom. The molecule has 2 saturated carbocycles. The summed E-state index contributed by atoms with van der Waals surface area (Å²) in [4.78, 5) is 0.168. The van der Waals surface area contributed by atoms with Gasteiger partial charge in [-0.1, -0.05) is 19.3 Å². The molecule has 2 aliphatic carbocycles. The van der Waals surface area contributed by atoms with Crippen LogP contribution in [0.3, 0.4) is 0 Å². The average Bonchev–Trinajstić information content (AvgIpc) is 3.44. The normalized spacial score (nSPS) is 21.1. The molecule has 168 valence electrons. The van der Waals surface area contributed by atoms with Crippen LogP contribution in [0.5, 0.6) is 0 Å². The van der Waals surface area contributed by atoms with Gasteiger partial charge in [-0.3, -0.25) is 0 Å². The molecule has 10 heteroatoms. The van der Waals surface area contributed by atoms with Crippen LogP contribution in [0, 0.1) is 0 Å². The van der Waals surface area contributed by atoms with Crippen molar-refractivity contribution in [2.45, 2.75) is 66.2 Å². The van der Waals surface area contributed by atoms with Crippen LogP contribution in [0.15, 0.2) is 40.1 Å². The van der Waals surface area contributed by atoms with Crippen LogP contribution < -0.4 is 4.31 Å². The second kappa shape index (κ2) is 7.05. The van der Waals surface area contributed by atoms with Gasteiger partial charge in [-0.15, -0.1) is 0 Å². The lowest BCUT2D eigenvalue weighted by molar-refractivity contribution is 0.206. The molecular weight excluding hydrogens is 436 g/mol. The molecule has 0 amide bonds. The van der Waals surface area contributed by atoms with Gasteiger partial charge in [0.2, 0.25) is 10.0 Å². The topological polar surface area (TPSA) is 92.6 Å². The van der Waals surface area contributed by atoms with E-state index in [2.05, 4.69) is 0 Å². The summed E-state index contributed by atoms with van der Waals surface area (Å²) in [6, 6.07) is 7.45. The van der Waals surface area contributed by atoms with E-state index in [1.54, 1.807) is 0 Å². The molecular formula is C21H28N4O4S2. The lowest BCUT2D eigenvalue weighted by Gasteiger charge is -2.34. The Kier molecular flexibility index (Phi) is 4.76. The summed E-state index contributed by atoms with van der Waals surface area (Å²) in [7, 11) is -4.55. The predicted octanol–water partition coefficient (Wildman–Crippen LogP) is 2.88. The molecule has 2 fully saturated rings. The van der Waals surface area contributed by atoms with Gasteiger partial charge in [0.05, 0.1) is 27.6 Å². The van der Waals surface area contributed by atoms with E-state index in [-0.39, 0.29) is 15.3 Å². The molecule has 8 nitrogen and oxygen atoms in total. The maximum Gasteiger partial charge on any atom is 0.265 e. The third-order valence-electron chi connectivity index (χ3n) is 6.82. The highest BCUT2D eigenvalue weighted by atomic mass is 32.2. The van der Waals surface area contributed by atoms with Gasteiger partial charge in [-0.2, -0.15) is 5.10 Å². The molecule has 1 aliphatic heterocycles. The van der Waals surface area contributed by atoms with E-state index in [1.807, 2.05) is 10.7 Å². The highest BCUT2D eigenvalue weighted by molar-refractivity contribution is 7.93. The molecule has 0 saturated heterocycles. The fourth-order valence-electron chi connectivity index (χ4n) is 4.82. The van der Waals surface area contributed by atoms with Crippen LogP contribution in [0.2, 0.25) is 0 Å². The minimum atomic E-state index is -3.84. The maximum absolute atomic E-state index is 13.6. The Labute approximate surface area is 183 Å². The first kappa shape index (κ1) is 21.0. The average molecular weight is 465 g/mol. The minimum absolute atomic E-state index is 0.0719. The first-order valence-corrected chi connectivity index (χ1v) is 13.7. The monoisotopic (exact) mass is 464 g/mol. The summed E-state index contributed by atoms with van der Waals surface area (Å²) in [6.45, 7) is 0.389. The first-order valence-electron chi connectivity index (χ1n) is 10.8. The minimum Gasteiger partial charge on any atom is -0.247 e. The molecule has 0 atom stereocenters. The second-order valence-electron chi connectivity index (χ2n) is 9.17. The summed E-state index contributed by atoms with van der Waals surface area (Å²) in [6.07, 6.45) is 7.39. The van der Waals surface area contributed by atoms with E-state index in [1.165, 1.54) is 49.1 Å². The number of nitrogens with zero attached hydrogens (tertiary/aromatic N) is 4. The Morgan fingerprint density at radius 3 is 2.16 bits per heavy atom. The number of rotatable bonds is 5. The summed E-state index contributed by atoms with van der Waals surface area (Å²) >= 11 is 0. The number of sulfonamides is 2. The molecule has 0 unspecified atom stereocenters. The molecule has 31 heavy (non-hydrogen) atoms. The largest absolute Gasteiger partial charge is 0.265 e. The summed E-state index contributed by atoms with van der Waals surface area (Å²) < 4.78 is 56.6. The maximum atomic E-state index is 13.6. The highest BCUT2D eigenvalue weighted by Crippen LogP contribution is 2.48. The van der Waals surface area contributed by atoms with Gasteiger partial charge >= 0.3 is 0 Å². The van der Waals surface area contributed by atoms with Crippen molar-refractivity contribution >= 4 is 25.9 Å². The van der Waals surface area contributed by atoms with E-state index in [0.29, 0.717) is 18.3 Å². The number of hydrogen-bond acceptors (Lipinski definition) is 5. The first-order chi connectivity index (χ1) is 14.6. The van der Waals surface area contributed by atoms with Gasteiger partial charge < -0.3 is 0 Å². The SMILES string of the molecule is CN(C)S(=O)(=O)c1ccc(S(=O)(=O)N2CC3(CCCCC3)n3nc(C4CC4)cc32)cc1. The third-order valence-corrected chi connectivity index (χ3v) is 10.4. The fraction of sp³-hybridized carbons (Fsp3) is 0.571. The standard InChI is InChI=1S/C21H28N4O4S2/c1-23(2)30(26,27)17-8-10-18(11-9-17)31(28,29)24-15-21(12-4-3-5-13-21)25-20(24)14-19(22-25)16-6-7-16/h8-11,14,16H,3-7,12-13,15H2,1-2H3. The molecule has 1 aromatic carbocycles. The lowest BCUT2D eigenvalue weighted by Crippen LogP contribution is -2.41. The Balaban J connectivity index is 1.53. The molecule has 1 spiro atoms. The second-order valence-corrected chi connectivity index (χ2v) is 13.2. The van der Waals surface area contributed by atoms with E-state index in [4.69, 9.17) is 5.10 Å². The predicted molar refractivity (Wildman–Crippen MR) is 117 cm³/mol. The zero-order chi connectivity index (χ0) is 22.0. The van der Waals surface area contributed by atoms with Crippen LogP contribution in [0.25, 0.3) is 0 Å². The zero-order valence-electron chi connectivity index (χ0n) is 17.9. The highest BCUT2D eigenvalue weighted by Gasteiger charge is 2.49. The summed E-state index contributed by atoms with van der Waals surface area (Å²) in [5.74, 6) is 1.09. The number of anilines is 1. The van der Waals surface area contributed by atoms with E-state index in [0.717, 1.165) is 48.5 Å². The van der Waals surface area contributed by atoms with Gasteiger partial charge in [0, 0.05) is 26.1 Å². The molecule has 2 aromatic rings. The molecule has 0 bridgehead atoms. The van der Waals surface area contributed by atoms with E-state index < -0.39 is 20.0 Å². The number of benzene rings is 1. The molecule has 0 N–H and O–H groups in total. The van der Waals surface area contributed by atoms with Crippen molar-refractivity contribution in [3.8, 4) is 0 Å². The van der Waals surface area contributed by atoms with Gasteiger partial charge in [-0.05, 0) is 49.9 Å². The number of hydrogen-bond donors (Lipinski definition) is 0. The quantitative estimate of drug-likeness (QED) is 0.678. The van der Waals surface area contributed by atoms with Crippen LogP contribution in [0.4, 0.5) is 5.82 Å². The zero-order valence-corrected chi connectivity index (χ0v) is 19.5. The van der Waals surface area contributed by atoms with Crippen LogP contribution >= 0.6 is 0 Å². The van der Waals surface area contributed by atoms with Crippen molar-refractivity contribution < 1.29 is 16.8 Å². The van der Waals surface area contributed by atoms with Crippen molar-refractivity contribution in [2.24, 2.45) is 0 Å². The van der Waals surface area contributed by atoms with Crippen LogP contribution in [0.1, 0.15) is 56.6 Å². The Morgan fingerprint density at radius 2 is 1.58 bits per heavy atom. The number of fused-ring (bicyclic) bond motifs is 2. The van der Waals surface area contributed by atoms with Crippen LogP contribution in [-0.4, -0.2) is 51.6 Å². The molecule has 1 aromatic heterocycles. The Bertz CT molecular complexity index is 1210. The fourth-order valence-corrected chi connectivity index (χ4v) is 7.24. The molecule has 0 radical (unpaired) electrons. The van der Waals surface area contributed by atoms with Gasteiger partial charge in [-0.25, -0.2) is 30.1 Å². The third kappa shape index (κ3) is 3.30. The van der Waals surface area contributed by atoms with Crippen molar-refractivity contribution in [1.82, 2.24) is 14.1 Å². The van der Waals surface area contributed by atoms with Crippen molar-refractivity contribution in [3.05, 3.63) is 36.0 Å². The Hall–Kier alpha value is -1.91. The van der Waals surface area contributed by atoms with Crippen molar-refractivity contribution in [3.63, 3.8) is 0 Å². The molecule has 5 rings (SSSR count). The smallest absolute Gasteiger partial charge is 0.247 e. The van der Waals surface area contributed by atoms with Crippen LogP contribution in [-0.2, 0) is 25.6 Å². The van der Waals surface area contributed by atoms with E-state index in [9.17, 15) is 16.8 Å². The summed E-state index contributed by atoms with van der Waals surface area (Å²) in [5, 5.41) is 4.88. The van der Waals surface area contributed by atoms with Crippen molar-refractivity contribution in [2.75, 3.05) is 24.9 Å². The number of aromatic nitrogens is 2. The summed E-state index contributed by atoms with van der Waals surface area (Å²) in [5.41, 5.74) is 0.717.